The Hall–Kier alpha value is -2.39. The van der Waals surface area contributed by atoms with Crippen LogP contribution in [0.25, 0.3) is 10.9 Å². The second-order valence-electron chi connectivity index (χ2n) is 4.18. The molecule has 0 aliphatic rings. The molecule has 2 N–H and O–H groups in total. The van der Waals surface area contributed by atoms with Crippen LogP contribution in [0.15, 0.2) is 40.1 Å². The molecule has 22 heavy (non-hydrogen) atoms. The summed E-state index contributed by atoms with van der Waals surface area (Å²) in [5.41, 5.74) is 2.47. The standard InChI is InChI=1S/C14H12N4OS.C2H6/c1-2-12-17-13(8-19-12)20-18-11-5-3-4-10-9(6-15)7-16-14(10)11;1-2/h3-5,7-8,16,18H,2H2,1H3;1-2H3. The van der Waals surface area contributed by atoms with Crippen LogP contribution in [0.3, 0.4) is 0 Å². The number of nitrogens with one attached hydrogen (secondary N) is 2. The van der Waals surface area contributed by atoms with Crippen LogP contribution in [-0.2, 0) is 6.42 Å². The predicted molar refractivity (Wildman–Crippen MR) is 89.7 cm³/mol. The van der Waals surface area contributed by atoms with Gasteiger partial charge in [-0.25, -0.2) is 4.98 Å². The van der Waals surface area contributed by atoms with Gasteiger partial charge in [-0.05, 0) is 6.07 Å². The molecule has 6 heteroatoms. The van der Waals surface area contributed by atoms with Crippen molar-refractivity contribution in [2.75, 3.05) is 4.72 Å². The van der Waals surface area contributed by atoms with E-state index in [1.54, 1.807) is 12.5 Å². The molecule has 0 fully saturated rings. The Morgan fingerprint density at radius 2 is 2.23 bits per heavy atom. The van der Waals surface area contributed by atoms with Crippen LogP contribution in [-0.4, -0.2) is 9.97 Å². The van der Waals surface area contributed by atoms with E-state index in [4.69, 9.17) is 9.68 Å². The molecule has 0 atom stereocenters. The number of anilines is 1. The lowest BCUT2D eigenvalue weighted by atomic mass is 10.2. The quantitative estimate of drug-likeness (QED) is 0.680. The summed E-state index contributed by atoms with van der Waals surface area (Å²) in [4.78, 5) is 7.43. The molecule has 0 aliphatic carbocycles. The fraction of sp³-hybridized carbons (Fsp3) is 0.250. The van der Waals surface area contributed by atoms with Crippen molar-refractivity contribution in [2.45, 2.75) is 32.2 Å². The van der Waals surface area contributed by atoms with E-state index in [0.717, 1.165) is 33.9 Å². The van der Waals surface area contributed by atoms with E-state index in [9.17, 15) is 0 Å². The summed E-state index contributed by atoms with van der Waals surface area (Å²) in [6.45, 7) is 6.00. The van der Waals surface area contributed by atoms with Crippen molar-refractivity contribution in [3.05, 3.63) is 42.1 Å². The minimum Gasteiger partial charge on any atom is -0.448 e. The van der Waals surface area contributed by atoms with Gasteiger partial charge < -0.3 is 14.1 Å². The molecule has 0 aliphatic heterocycles. The zero-order chi connectivity index (χ0) is 15.9. The number of para-hydroxylation sites is 1. The van der Waals surface area contributed by atoms with Crippen molar-refractivity contribution in [1.82, 2.24) is 9.97 Å². The third-order valence-corrected chi connectivity index (χ3v) is 3.65. The summed E-state index contributed by atoms with van der Waals surface area (Å²) in [5.74, 6) is 0.721. The summed E-state index contributed by atoms with van der Waals surface area (Å²) in [6.07, 6.45) is 4.12. The van der Waals surface area contributed by atoms with E-state index >= 15 is 0 Å². The highest BCUT2D eigenvalue weighted by molar-refractivity contribution is 8.00. The Morgan fingerprint density at radius 1 is 1.41 bits per heavy atom. The molecule has 0 saturated carbocycles. The number of H-pyrrole nitrogens is 1. The minimum atomic E-state index is 0.642. The van der Waals surface area contributed by atoms with Gasteiger partial charge in [0.1, 0.15) is 12.3 Å². The highest BCUT2D eigenvalue weighted by Gasteiger charge is 2.08. The van der Waals surface area contributed by atoms with Crippen LogP contribution in [0.2, 0.25) is 0 Å². The van der Waals surface area contributed by atoms with Gasteiger partial charge in [-0.1, -0.05) is 32.9 Å². The van der Waals surface area contributed by atoms with Crippen LogP contribution in [0, 0.1) is 11.3 Å². The first-order valence-electron chi connectivity index (χ1n) is 7.19. The second kappa shape index (κ2) is 7.57. The van der Waals surface area contributed by atoms with Gasteiger partial charge in [0, 0.05) is 30.0 Å². The van der Waals surface area contributed by atoms with Crippen molar-refractivity contribution < 1.29 is 4.42 Å². The van der Waals surface area contributed by atoms with Gasteiger partial charge in [0.05, 0.1) is 16.8 Å². The summed E-state index contributed by atoms with van der Waals surface area (Å²) < 4.78 is 8.52. The van der Waals surface area contributed by atoms with Gasteiger partial charge >= 0.3 is 0 Å². The number of benzene rings is 1. The molecule has 0 amide bonds. The summed E-state index contributed by atoms with van der Waals surface area (Å²) >= 11 is 1.38. The molecule has 0 bridgehead atoms. The topological polar surface area (TPSA) is 77.6 Å². The fourth-order valence-electron chi connectivity index (χ4n) is 1.94. The maximum Gasteiger partial charge on any atom is 0.194 e. The van der Waals surface area contributed by atoms with Gasteiger partial charge in [0.2, 0.25) is 0 Å². The molecule has 0 spiro atoms. The molecule has 0 radical (unpaired) electrons. The normalized spacial score (nSPS) is 9.91. The van der Waals surface area contributed by atoms with Crippen molar-refractivity contribution in [1.29, 1.82) is 5.26 Å². The van der Waals surface area contributed by atoms with Crippen molar-refractivity contribution in [3.63, 3.8) is 0 Å². The van der Waals surface area contributed by atoms with Crippen LogP contribution < -0.4 is 4.72 Å². The lowest BCUT2D eigenvalue weighted by molar-refractivity contribution is 0.500. The zero-order valence-electron chi connectivity index (χ0n) is 12.8. The highest BCUT2D eigenvalue weighted by Crippen LogP contribution is 2.28. The molecule has 3 aromatic rings. The SMILES string of the molecule is CC.CCc1nc(SNc2cccc3c(C#N)c[nH]c23)co1. The summed E-state index contributed by atoms with van der Waals surface area (Å²) in [6, 6.07) is 7.96. The van der Waals surface area contributed by atoms with Gasteiger partial charge in [-0.15, -0.1) is 0 Å². The van der Waals surface area contributed by atoms with Crippen LogP contribution in [0.4, 0.5) is 5.69 Å². The molecule has 0 saturated heterocycles. The van der Waals surface area contributed by atoms with Crippen molar-refractivity contribution in [2.24, 2.45) is 0 Å². The first kappa shape index (κ1) is 16.0. The number of rotatable bonds is 4. The number of aromatic amines is 1. The number of hydrogen-bond acceptors (Lipinski definition) is 5. The average molecular weight is 314 g/mol. The second-order valence-corrected chi connectivity index (χ2v) is 5.01. The Morgan fingerprint density at radius 3 is 2.91 bits per heavy atom. The van der Waals surface area contributed by atoms with Crippen LogP contribution in [0.1, 0.15) is 32.2 Å². The van der Waals surface area contributed by atoms with Crippen LogP contribution >= 0.6 is 11.9 Å². The fourth-order valence-corrected chi connectivity index (χ4v) is 2.57. The number of nitriles is 1. The van der Waals surface area contributed by atoms with Gasteiger partial charge in [-0.2, -0.15) is 5.26 Å². The predicted octanol–water partition coefficient (Wildman–Crippen LogP) is 4.74. The molecule has 5 nitrogen and oxygen atoms in total. The highest BCUT2D eigenvalue weighted by atomic mass is 32.2. The van der Waals surface area contributed by atoms with E-state index < -0.39 is 0 Å². The number of fused-ring (bicyclic) bond motifs is 1. The lowest BCUT2D eigenvalue weighted by Gasteiger charge is -2.04. The van der Waals surface area contributed by atoms with E-state index in [-0.39, 0.29) is 0 Å². The molecular formula is C16H18N4OS. The monoisotopic (exact) mass is 314 g/mol. The van der Waals surface area contributed by atoms with E-state index in [0.29, 0.717) is 5.56 Å². The lowest BCUT2D eigenvalue weighted by Crippen LogP contribution is -1.88. The number of oxazole rings is 1. The first-order valence-corrected chi connectivity index (χ1v) is 8.01. The van der Waals surface area contributed by atoms with E-state index in [1.165, 1.54) is 11.9 Å². The largest absolute Gasteiger partial charge is 0.448 e. The van der Waals surface area contributed by atoms with E-state index in [1.807, 2.05) is 39.0 Å². The van der Waals surface area contributed by atoms with Gasteiger partial charge in [0.15, 0.2) is 10.9 Å². The molecule has 3 rings (SSSR count). The zero-order valence-corrected chi connectivity index (χ0v) is 13.6. The Labute approximate surface area is 133 Å². The summed E-state index contributed by atoms with van der Waals surface area (Å²) in [7, 11) is 0. The molecular weight excluding hydrogens is 296 g/mol. The average Bonchev–Trinajstić information content (AvgIpc) is 3.21. The Kier molecular flexibility index (Phi) is 5.50. The van der Waals surface area contributed by atoms with Crippen molar-refractivity contribution in [3.8, 4) is 6.07 Å². The number of aromatic nitrogens is 2. The Bertz CT molecular complexity index is 785. The van der Waals surface area contributed by atoms with Gasteiger partial charge in [-0.3, -0.25) is 0 Å². The first-order chi connectivity index (χ1) is 10.8. The number of hydrogen-bond donors (Lipinski definition) is 2. The molecule has 0 unspecified atom stereocenters. The molecule has 2 heterocycles. The maximum absolute atomic E-state index is 9.04. The van der Waals surface area contributed by atoms with E-state index in [2.05, 4.69) is 20.8 Å². The maximum atomic E-state index is 9.04. The molecule has 1 aromatic carbocycles. The third kappa shape index (κ3) is 3.26. The molecule has 114 valence electrons. The number of nitrogens with zero attached hydrogens (tertiary/aromatic N) is 2. The van der Waals surface area contributed by atoms with Gasteiger partial charge in [0.25, 0.3) is 0 Å². The smallest absolute Gasteiger partial charge is 0.194 e. The minimum absolute atomic E-state index is 0.642. The van der Waals surface area contributed by atoms with Crippen LogP contribution in [0.5, 0.6) is 0 Å². The Balaban J connectivity index is 0.000000847. The molecule has 2 aromatic heterocycles. The number of aryl methyl sites for hydroxylation is 1. The summed E-state index contributed by atoms with van der Waals surface area (Å²) in [5, 5.41) is 10.7. The van der Waals surface area contributed by atoms with Crippen molar-refractivity contribution >= 4 is 28.5 Å². The third-order valence-electron chi connectivity index (χ3n) is 2.93.